The Morgan fingerprint density at radius 2 is 2.21 bits per heavy atom. The third kappa shape index (κ3) is 3.51. The molecule has 0 unspecified atom stereocenters. The van der Waals surface area contributed by atoms with Crippen LogP contribution in [-0.4, -0.2) is 28.2 Å². The standard InChI is InChI=1S/C14H14N2O3/c1-19-12-4-2-3-10(9-12)14-15-8-7-11(16-14)5-6-13(17)18/h2-4,7-9H,5-6H2,1H3,(H,17,18). The molecule has 0 atom stereocenters. The van der Waals surface area contributed by atoms with Crippen LogP contribution < -0.4 is 4.74 Å². The summed E-state index contributed by atoms with van der Waals surface area (Å²) in [6.07, 6.45) is 2.10. The molecule has 2 rings (SSSR count). The van der Waals surface area contributed by atoms with Crippen LogP contribution >= 0.6 is 0 Å². The fraction of sp³-hybridized carbons (Fsp3) is 0.214. The molecule has 0 saturated heterocycles. The molecule has 0 amide bonds. The lowest BCUT2D eigenvalue weighted by molar-refractivity contribution is -0.136. The number of rotatable bonds is 5. The minimum absolute atomic E-state index is 0.0641. The summed E-state index contributed by atoms with van der Waals surface area (Å²) in [5, 5.41) is 8.67. The Morgan fingerprint density at radius 3 is 2.95 bits per heavy atom. The van der Waals surface area contributed by atoms with E-state index < -0.39 is 5.97 Å². The quantitative estimate of drug-likeness (QED) is 0.889. The van der Waals surface area contributed by atoms with Gasteiger partial charge in [0.25, 0.3) is 0 Å². The van der Waals surface area contributed by atoms with Crippen molar-refractivity contribution in [2.45, 2.75) is 12.8 Å². The molecule has 0 bridgehead atoms. The van der Waals surface area contributed by atoms with Crippen molar-refractivity contribution in [2.24, 2.45) is 0 Å². The number of aliphatic carboxylic acids is 1. The van der Waals surface area contributed by atoms with Crippen LogP contribution in [0.2, 0.25) is 0 Å². The predicted molar refractivity (Wildman–Crippen MR) is 70.0 cm³/mol. The Kier molecular flexibility index (Phi) is 4.07. The lowest BCUT2D eigenvalue weighted by atomic mass is 10.2. The second kappa shape index (κ2) is 5.95. The number of carboxylic acids is 1. The van der Waals surface area contributed by atoms with Gasteiger partial charge in [0.05, 0.1) is 13.5 Å². The van der Waals surface area contributed by atoms with Gasteiger partial charge in [0.2, 0.25) is 0 Å². The molecule has 0 spiro atoms. The van der Waals surface area contributed by atoms with E-state index in [-0.39, 0.29) is 6.42 Å². The molecule has 5 heteroatoms. The topological polar surface area (TPSA) is 72.3 Å². The van der Waals surface area contributed by atoms with E-state index in [9.17, 15) is 4.79 Å². The SMILES string of the molecule is COc1cccc(-c2nccc(CCC(=O)O)n2)c1. The largest absolute Gasteiger partial charge is 0.497 e. The molecule has 0 aliphatic heterocycles. The highest BCUT2D eigenvalue weighted by Crippen LogP contribution is 2.20. The molecule has 1 aromatic heterocycles. The zero-order valence-electron chi connectivity index (χ0n) is 10.5. The predicted octanol–water partition coefficient (Wildman–Crippen LogP) is 2.17. The molecule has 19 heavy (non-hydrogen) atoms. The van der Waals surface area contributed by atoms with Crippen molar-refractivity contribution in [3.63, 3.8) is 0 Å². The molecule has 0 radical (unpaired) electrons. The van der Waals surface area contributed by atoms with Gasteiger partial charge in [-0.05, 0) is 18.2 Å². The zero-order chi connectivity index (χ0) is 13.7. The van der Waals surface area contributed by atoms with Crippen LogP contribution in [0.15, 0.2) is 36.5 Å². The van der Waals surface area contributed by atoms with E-state index in [1.54, 1.807) is 19.4 Å². The summed E-state index contributed by atoms with van der Waals surface area (Å²) in [6.45, 7) is 0. The lowest BCUT2D eigenvalue weighted by Crippen LogP contribution is -2.01. The average Bonchev–Trinajstić information content (AvgIpc) is 2.45. The Balaban J connectivity index is 2.24. The van der Waals surface area contributed by atoms with Gasteiger partial charge in [-0.25, -0.2) is 9.97 Å². The summed E-state index contributed by atoms with van der Waals surface area (Å²) in [6, 6.07) is 9.17. The first-order valence-electron chi connectivity index (χ1n) is 5.87. The van der Waals surface area contributed by atoms with Crippen LogP contribution in [0, 0.1) is 0 Å². The first-order chi connectivity index (χ1) is 9.19. The highest BCUT2D eigenvalue weighted by molar-refractivity contribution is 5.67. The van der Waals surface area contributed by atoms with Crippen molar-refractivity contribution < 1.29 is 14.6 Å². The highest BCUT2D eigenvalue weighted by Gasteiger charge is 2.05. The maximum atomic E-state index is 10.6. The van der Waals surface area contributed by atoms with Gasteiger partial charge in [0.15, 0.2) is 5.82 Å². The molecule has 2 aromatic rings. The van der Waals surface area contributed by atoms with Gasteiger partial charge in [0.1, 0.15) is 5.75 Å². The van der Waals surface area contributed by atoms with Crippen molar-refractivity contribution in [1.82, 2.24) is 9.97 Å². The van der Waals surface area contributed by atoms with Crippen molar-refractivity contribution in [3.8, 4) is 17.1 Å². The first-order valence-corrected chi connectivity index (χ1v) is 5.87. The summed E-state index contributed by atoms with van der Waals surface area (Å²) in [7, 11) is 1.60. The van der Waals surface area contributed by atoms with E-state index in [1.807, 2.05) is 24.3 Å². The Labute approximate surface area is 110 Å². The number of carboxylic acid groups (broad SMARTS) is 1. The average molecular weight is 258 g/mol. The van der Waals surface area contributed by atoms with E-state index in [0.29, 0.717) is 12.2 Å². The Bertz CT molecular complexity index is 584. The van der Waals surface area contributed by atoms with Gasteiger partial charge in [0, 0.05) is 23.9 Å². The van der Waals surface area contributed by atoms with E-state index in [0.717, 1.165) is 17.0 Å². The Hall–Kier alpha value is -2.43. The van der Waals surface area contributed by atoms with Crippen LogP contribution in [0.5, 0.6) is 5.75 Å². The summed E-state index contributed by atoms with van der Waals surface area (Å²) in [5.74, 6) is 0.473. The Morgan fingerprint density at radius 1 is 1.37 bits per heavy atom. The monoisotopic (exact) mass is 258 g/mol. The number of benzene rings is 1. The van der Waals surface area contributed by atoms with Crippen LogP contribution in [0.3, 0.4) is 0 Å². The normalized spacial score (nSPS) is 10.2. The maximum Gasteiger partial charge on any atom is 0.303 e. The molecule has 0 aliphatic carbocycles. The third-order valence-corrected chi connectivity index (χ3v) is 2.64. The molecule has 5 nitrogen and oxygen atoms in total. The molecule has 1 heterocycles. The molecule has 0 saturated carbocycles. The molecule has 0 aliphatic rings. The number of hydrogen-bond donors (Lipinski definition) is 1. The lowest BCUT2D eigenvalue weighted by Gasteiger charge is -2.05. The number of aromatic nitrogens is 2. The first kappa shape index (κ1) is 13.0. The minimum atomic E-state index is -0.832. The molecular formula is C14H14N2O3. The van der Waals surface area contributed by atoms with E-state index >= 15 is 0 Å². The molecule has 98 valence electrons. The summed E-state index contributed by atoms with van der Waals surface area (Å²) in [4.78, 5) is 19.1. The maximum absolute atomic E-state index is 10.6. The molecule has 1 aromatic carbocycles. The van der Waals surface area contributed by atoms with Crippen molar-refractivity contribution in [3.05, 3.63) is 42.2 Å². The molecule has 1 N–H and O–H groups in total. The van der Waals surface area contributed by atoms with Gasteiger partial charge in [-0.2, -0.15) is 0 Å². The second-order valence-electron chi connectivity index (χ2n) is 4.00. The van der Waals surface area contributed by atoms with Gasteiger partial charge >= 0.3 is 5.97 Å². The minimum Gasteiger partial charge on any atom is -0.497 e. The van der Waals surface area contributed by atoms with E-state index in [2.05, 4.69) is 9.97 Å². The fourth-order valence-corrected chi connectivity index (χ4v) is 1.67. The van der Waals surface area contributed by atoms with Crippen molar-refractivity contribution in [2.75, 3.05) is 7.11 Å². The number of aryl methyl sites for hydroxylation is 1. The number of nitrogens with zero attached hydrogens (tertiary/aromatic N) is 2. The highest BCUT2D eigenvalue weighted by atomic mass is 16.5. The zero-order valence-corrected chi connectivity index (χ0v) is 10.5. The number of methoxy groups -OCH3 is 1. The number of hydrogen-bond acceptors (Lipinski definition) is 4. The number of carbonyl (C=O) groups is 1. The van der Waals surface area contributed by atoms with Crippen LogP contribution in [0.4, 0.5) is 0 Å². The number of ether oxygens (including phenoxy) is 1. The smallest absolute Gasteiger partial charge is 0.303 e. The summed E-state index contributed by atoms with van der Waals surface area (Å²) in [5.41, 5.74) is 1.56. The molecular weight excluding hydrogens is 244 g/mol. The fourth-order valence-electron chi connectivity index (χ4n) is 1.67. The van der Waals surface area contributed by atoms with Gasteiger partial charge in [-0.15, -0.1) is 0 Å². The summed E-state index contributed by atoms with van der Waals surface area (Å²) < 4.78 is 5.15. The van der Waals surface area contributed by atoms with Crippen LogP contribution in [0.25, 0.3) is 11.4 Å². The van der Waals surface area contributed by atoms with Crippen molar-refractivity contribution in [1.29, 1.82) is 0 Å². The van der Waals surface area contributed by atoms with Gasteiger partial charge in [-0.1, -0.05) is 12.1 Å². The summed E-state index contributed by atoms with van der Waals surface area (Å²) >= 11 is 0. The van der Waals surface area contributed by atoms with E-state index in [1.165, 1.54) is 0 Å². The van der Waals surface area contributed by atoms with Gasteiger partial charge < -0.3 is 9.84 Å². The van der Waals surface area contributed by atoms with Crippen molar-refractivity contribution >= 4 is 5.97 Å². The van der Waals surface area contributed by atoms with Crippen LogP contribution in [-0.2, 0) is 11.2 Å². The third-order valence-electron chi connectivity index (χ3n) is 2.64. The molecule has 0 fully saturated rings. The second-order valence-corrected chi connectivity index (χ2v) is 4.00. The van der Waals surface area contributed by atoms with E-state index in [4.69, 9.17) is 9.84 Å². The van der Waals surface area contributed by atoms with Gasteiger partial charge in [-0.3, -0.25) is 4.79 Å². The van der Waals surface area contributed by atoms with Crippen LogP contribution in [0.1, 0.15) is 12.1 Å².